The number of hydrogen-bond donors (Lipinski definition) is 4. The predicted octanol–water partition coefficient (Wildman–Crippen LogP) is 1.68. The summed E-state index contributed by atoms with van der Waals surface area (Å²) in [7, 11) is 0. The number of benzene rings is 1. The molecule has 0 aromatic heterocycles. The van der Waals surface area contributed by atoms with Crippen molar-refractivity contribution in [2.45, 2.75) is 50.1 Å². The van der Waals surface area contributed by atoms with E-state index in [1.165, 1.54) is 0 Å². The quantitative estimate of drug-likeness (QED) is 0.585. The van der Waals surface area contributed by atoms with Crippen LogP contribution in [-0.2, 0) is 11.2 Å². The Hall–Kier alpha value is -2.08. The molecular formula is C17H24N2O4. The van der Waals surface area contributed by atoms with Crippen molar-refractivity contribution in [3.63, 3.8) is 0 Å². The van der Waals surface area contributed by atoms with Crippen LogP contribution in [0.5, 0.6) is 0 Å². The lowest BCUT2D eigenvalue weighted by Crippen LogP contribution is -2.59. The summed E-state index contributed by atoms with van der Waals surface area (Å²) in [5, 5.41) is 24.0. The Labute approximate surface area is 135 Å². The average Bonchev–Trinajstić information content (AvgIpc) is 2.49. The second-order valence-electron chi connectivity index (χ2n) is 6.21. The summed E-state index contributed by atoms with van der Waals surface area (Å²) >= 11 is 0. The zero-order chi connectivity index (χ0) is 16.7. The minimum Gasteiger partial charge on any atom is -0.481 e. The van der Waals surface area contributed by atoms with Crippen molar-refractivity contribution in [3.8, 4) is 0 Å². The van der Waals surface area contributed by atoms with Crippen molar-refractivity contribution in [1.29, 1.82) is 0 Å². The van der Waals surface area contributed by atoms with Crippen LogP contribution in [0.2, 0.25) is 0 Å². The van der Waals surface area contributed by atoms with Crippen LogP contribution in [0.4, 0.5) is 4.79 Å². The molecule has 0 spiro atoms. The van der Waals surface area contributed by atoms with E-state index in [9.17, 15) is 14.7 Å². The maximum absolute atomic E-state index is 12.2. The van der Waals surface area contributed by atoms with Gasteiger partial charge in [-0.1, -0.05) is 30.3 Å². The number of aliphatic hydroxyl groups is 1. The molecule has 126 valence electrons. The van der Waals surface area contributed by atoms with E-state index in [2.05, 4.69) is 10.6 Å². The number of nitrogens with one attached hydrogen (secondary N) is 2. The van der Waals surface area contributed by atoms with Crippen molar-refractivity contribution < 1.29 is 19.8 Å². The molecule has 1 aromatic carbocycles. The Morgan fingerprint density at radius 2 is 1.91 bits per heavy atom. The molecule has 23 heavy (non-hydrogen) atoms. The second-order valence-corrected chi connectivity index (χ2v) is 6.21. The van der Waals surface area contributed by atoms with Gasteiger partial charge in [-0.3, -0.25) is 4.79 Å². The summed E-state index contributed by atoms with van der Waals surface area (Å²) in [4.78, 5) is 23.0. The normalized spacial score (nSPS) is 16.9. The average molecular weight is 320 g/mol. The molecule has 0 radical (unpaired) electrons. The molecule has 1 aliphatic carbocycles. The van der Waals surface area contributed by atoms with E-state index in [1.54, 1.807) is 0 Å². The second kappa shape index (κ2) is 7.97. The van der Waals surface area contributed by atoms with Crippen molar-refractivity contribution in [3.05, 3.63) is 35.9 Å². The number of aliphatic hydroxyl groups excluding tert-OH is 1. The summed E-state index contributed by atoms with van der Waals surface area (Å²) in [5.74, 6) is -0.879. The lowest BCUT2D eigenvalue weighted by atomic mass is 9.77. The van der Waals surface area contributed by atoms with Crippen LogP contribution in [0, 0.1) is 0 Å². The van der Waals surface area contributed by atoms with Crippen LogP contribution in [0.1, 0.15) is 37.7 Å². The highest BCUT2D eigenvalue weighted by Gasteiger charge is 2.38. The van der Waals surface area contributed by atoms with Crippen LogP contribution >= 0.6 is 0 Å². The van der Waals surface area contributed by atoms with Gasteiger partial charge in [-0.05, 0) is 37.7 Å². The van der Waals surface area contributed by atoms with Crippen molar-refractivity contribution >= 4 is 12.0 Å². The third-order valence-electron chi connectivity index (χ3n) is 4.36. The standard InChI is InChI=1S/C17H24N2O4/c20-12-17(9-4-10-17)19-16(23)18-14(7-8-15(21)22)11-13-5-2-1-3-6-13/h1-3,5-6,14,20H,4,7-12H2,(H,21,22)(H2,18,19,23). The third-order valence-corrected chi connectivity index (χ3v) is 4.36. The van der Waals surface area contributed by atoms with Gasteiger partial charge in [0.05, 0.1) is 12.1 Å². The molecule has 0 aliphatic heterocycles. The molecule has 0 heterocycles. The number of urea groups is 1. The summed E-state index contributed by atoms with van der Waals surface area (Å²) < 4.78 is 0. The number of carboxylic acid groups (broad SMARTS) is 1. The highest BCUT2D eigenvalue weighted by atomic mass is 16.4. The maximum atomic E-state index is 12.2. The zero-order valence-electron chi connectivity index (χ0n) is 13.1. The molecule has 1 aromatic rings. The Bertz CT molecular complexity index is 523. The Morgan fingerprint density at radius 1 is 1.22 bits per heavy atom. The van der Waals surface area contributed by atoms with E-state index in [0.717, 1.165) is 24.8 Å². The van der Waals surface area contributed by atoms with E-state index in [-0.39, 0.29) is 25.1 Å². The van der Waals surface area contributed by atoms with Crippen LogP contribution in [0.3, 0.4) is 0 Å². The van der Waals surface area contributed by atoms with Crippen molar-refractivity contribution in [2.24, 2.45) is 0 Å². The number of carboxylic acids is 1. The van der Waals surface area contributed by atoms with Crippen LogP contribution in [-0.4, -0.2) is 40.4 Å². The lowest BCUT2D eigenvalue weighted by molar-refractivity contribution is -0.137. The Morgan fingerprint density at radius 3 is 2.43 bits per heavy atom. The van der Waals surface area contributed by atoms with Gasteiger partial charge in [0.1, 0.15) is 0 Å². The largest absolute Gasteiger partial charge is 0.481 e. The van der Waals surface area contributed by atoms with Crippen LogP contribution in [0.25, 0.3) is 0 Å². The van der Waals surface area contributed by atoms with Gasteiger partial charge in [0.2, 0.25) is 0 Å². The molecule has 6 nitrogen and oxygen atoms in total. The van der Waals surface area contributed by atoms with E-state index in [4.69, 9.17) is 5.11 Å². The van der Waals surface area contributed by atoms with Crippen molar-refractivity contribution in [1.82, 2.24) is 10.6 Å². The molecule has 1 atom stereocenters. The number of rotatable bonds is 8. The first-order chi connectivity index (χ1) is 11.0. The Kier molecular flexibility index (Phi) is 5.98. The first-order valence-corrected chi connectivity index (χ1v) is 7.98. The molecule has 2 rings (SSSR count). The van der Waals surface area contributed by atoms with E-state index >= 15 is 0 Å². The third kappa shape index (κ3) is 5.25. The van der Waals surface area contributed by atoms with Gasteiger partial charge < -0.3 is 20.8 Å². The first kappa shape index (κ1) is 17.3. The molecular weight excluding hydrogens is 296 g/mol. The summed E-state index contributed by atoms with van der Waals surface area (Å²) in [6.45, 7) is -0.0705. The van der Waals surface area contributed by atoms with Crippen LogP contribution in [0.15, 0.2) is 30.3 Å². The highest BCUT2D eigenvalue weighted by Crippen LogP contribution is 2.31. The molecule has 4 N–H and O–H groups in total. The fourth-order valence-corrected chi connectivity index (χ4v) is 2.81. The molecule has 2 amide bonds. The zero-order valence-corrected chi connectivity index (χ0v) is 13.1. The minimum absolute atomic E-state index is 0.00290. The smallest absolute Gasteiger partial charge is 0.315 e. The predicted molar refractivity (Wildman–Crippen MR) is 86.1 cm³/mol. The monoisotopic (exact) mass is 320 g/mol. The molecule has 1 unspecified atom stereocenters. The maximum Gasteiger partial charge on any atom is 0.315 e. The summed E-state index contributed by atoms with van der Waals surface area (Å²) in [5.41, 5.74) is 0.539. The fourth-order valence-electron chi connectivity index (χ4n) is 2.81. The summed E-state index contributed by atoms with van der Waals surface area (Å²) in [6.07, 6.45) is 3.48. The SMILES string of the molecule is O=C(O)CCC(Cc1ccccc1)NC(=O)NC1(CO)CCC1. The van der Waals surface area contributed by atoms with Gasteiger partial charge in [-0.15, -0.1) is 0 Å². The molecule has 1 saturated carbocycles. The topological polar surface area (TPSA) is 98.7 Å². The summed E-state index contributed by atoms with van der Waals surface area (Å²) in [6, 6.07) is 9.05. The van der Waals surface area contributed by atoms with Gasteiger partial charge in [0, 0.05) is 12.5 Å². The molecule has 6 heteroatoms. The van der Waals surface area contributed by atoms with Gasteiger partial charge in [-0.25, -0.2) is 4.79 Å². The van der Waals surface area contributed by atoms with Crippen molar-refractivity contribution in [2.75, 3.05) is 6.61 Å². The molecule has 0 saturated heterocycles. The van der Waals surface area contributed by atoms with Crippen LogP contribution < -0.4 is 10.6 Å². The fraction of sp³-hybridized carbons (Fsp3) is 0.529. The minimum atomic E-state index is -0.879. The van der Waals surface area contributed by atoms with Gasteiger partial charge in [0.15, 0.2) is 0 Å². The number of hydrogen-bond acceptors (Lipinski definition) is 3. The number of carbonyl (C=O) groups excluding carboxylic acids is 1. The van der Waals surface area contributed by atoms with Gasteiger partial charge in [0.25, 0.3) is 0 Å². The molecule has 0 bridgehead atoms. The molecule has 1 fully saturated rings. The highest BCUT2D eigenvalue weighted by molar-refractivity contribution is 5.75. The van der Waals surface area contributed by atoms with Gasteiger partial charge >= 0.3 is 12.0 Å². The van der Waals surface area contributed by atoms with Gasteiger partial charge in [-0.2, -0.15) is 0 Å². The number of carbonyl (C=O) groups is 2. The van der Waals surface area contributed by atoms with E-state index in [0.29, 0.717) is 12.8 Å². The first-order valence-electron chi connectivity index (χ1n) is 7.98. The lowest BCUT2D eigenvalue weighted by Gasteiger charge is -2.41. The van der Waals surface area contributed by atoms with E-state index in [1.807, 2.05) is 30.3 Å². The van der Waals surface area contributed by atoms with E-state index < -0.39 is 11.5 Å². The number of amides is 2. The molecule has 1 aliphatic rings. The number of aliphatic carboxylic acids is 1. The Balaban J connectivity index is 1.93.